The SMILES string of the molecule is CCOC(=O)N1CCC2(CC1)CN(c1ccc(C3NNC4CCC(O[C@H](C)c5c(Cl)cncc5Cl)CC43)cn1)C2. The van der Waals surface area contributed by atoms with Gasteiger partial charge in [0.1, 0.15) is 5.82 Å². The fourth-order valence-electron chi connectivity index (χ4n) is 7.03. The van der Waals surface area contributed by atoms with Crippen molar-refractivity contribution in [3.63, 3.8) is 0 Å². The molecule has 4 fully saturated rings. The fraction of sp³-hybridized carbons (Fsp3) is 0.621. The minimum Gasteiger partial charge on any atom is -0.450 e. The van der Waals surface area contributed by atoms with Crippen molar-refractivity contribution in [1.29, 1.82) is 0 Å². The molecule has 5 heterocycles. The molecule has 3 saturated heterocycles. The van der Waals surface area contributed by atoms with Crippen molar-refractivity contribution in [2.75, 3.05) is 37.7 Å². The van der Waals surface area contributed by atoms with Crippen molar-refractivity contribution >= 4 is 35.1 Å². The molecule has 0 radical (unpaired) electrons. The molecule has 5 atom stereocenters. The van der Waals surface area contributed by atoms with Crippen molar-refractivity contribution in [3.8, 4) is 0 Å². The highest BCUT2D eigenvalue weighted by Crippen LogP contribution is 2.44. The van der Waals surface area contributed by atoms with Gasteiger partial charge in [0, 0.05) is 61.8 Å². The van der Waals surface area contributed by atoms with Crippen LogP contribution in [0.5, 0.6) is 0 Å². The summed E-state index contributed by atoms with van der Waals surface area (Å²) in [4.78, 5) is 25.2. The third-order valence-electron chi connectivity index (χ3n) is 9.25. The first-order valence-corrected chi connectivity index (χ1v) is 15.2. The molecule has 2 N–H and O–H groups in total. The zero-order chi connectivity index (χ0) is 27.9. The van der Waals surface area contributed by atoms with Gasteiger partial charge in [-0.3, -0.25) is 10.4 Å². The number of piperidine rings is 1. The number of hydrogen-bond donors (Lipinski definition) is 2. The summed E-state index contributed by atoms with van der Waals surface area (Å²) in [7, 11) is 0. The summed E-state index contributed by atoms with van der Waals surface area (Å²) in [6.45, 7) is 7.81. The molecule has 1 saturated carbocycles. The molecule has 6 rings (SSSR count). The number of nitrogens with one attached hydrogen (secondary N) is 2. The van der Waals surface area contributed by atoms with E-state index in [0.29, 0.717) is 28.6 Å². The van der Waals surface area contributed by atoms with E-state index in [2.05, 4.69) is 32.9 Å². The van der Waals surface area contributed by atoms with E-state index < -0.39 is 0 Å². The molecule has 4 aliphatic rings. The van der Waals surface area contributed by atoms with Gasteiger partial charge in [-0.2, -0.15) is 0 Å². The van der Waals surface area contributed by atoms with E-state index in [1.54, 1.807) is 12.4 Å². The van der Waals surface area contributed by atoms with E-state index in [0.717, 1.165) is 69.7 Å². The second-order valence-corrected chi connectivity index (χ2v) is 12.6. The number of pyridine rings is 2. The van der Waals surface area contributed by atoms with Crippen LogP contribution in [0, 0.1) is 11.3 Å². The maximum atomic E-state index is 12.0. The third-order valence-corrected chi connectivity index (χ3v) is 9.86. The number of hydrogen-bond acceptors (Lipinski definition) is 8. The number of amides is 1. The minimum atomic E-state index is -0.205. The molecule has 0 aromatic carbocycles. The summed E-state index contributed by atoms with van der Waals surface area (Å²) in [5, 5.41) is 1.08. The lowest BCUT2D eigenvalue weighted by atomic mass is 9.72. The van der Waals surface area contributed by atoms with Crippen LogP contribution in [0.2, 0.25) is 10.0 Å². The molecule has 1 spiro atoms. The van der Waals surface area contributed by atoms with Gasteiger partial charge in [-0.15, -0.1) is 0 Å². The van der Waals surface area contributed by atoms with E-state index in [9.17, 15) is 4.79 Å². The van der Waals surface area contributed by atoms with Gasteiger partial charge in [-0.1, -0.05) is 29.3 Å². The second kappa shape index (κ2) is 11.6. The van der Waals surface area contributed by atoms with Crippen molar-refractivity contribution in [2.24, 2.45) is 11.3 Å². The van der Waals surface area contributed by atoms with E-state index in [4.69, 9.17) is 37.7 Å². The number of nitrogens with zero attached hydrogens (tertiary/aromatic N) is 4. The van der Waals surface area contributed by atoms with Crippen LogP contribution in [0.15, 0.2) is 30.7 Å². The monoisotopic (exact) mass is 588 g/mol. The predicted octanol–water partition coefficient (Wildman–Crippen LogP) is 5.31. The Kier molecular flexibility index (Phi) is 8.12. The number of rotatable bonds is 6. The lowest BCUT2D eigenvalue weighted by Crippen LogP contribution is -2.61. The van der Waals surface area contributed by atoms with Crippen LogP contribution in [0.1, 0.15) is 69.2 Å². The van der Waals surface area contributed by atoms with Crippen LogP contribution in [-0.2, 0) is 9.47 Å². The standard InChI is InChI=1S/C29H38Cl2N6O3/c1-3-39-28(38)36-10-8-29(9-11-36)16-37(17-29)25-7-4-19(13-33-25)27-21-12-20(5-6-24(21)34-35-27)40-18(2)26-22(30)14-32-15-23(26)31/h4,7,13-15,18,20-21,24,27,34-35H,3,5-6,8-12,16-17H2,1-2H3/t18-,20?,21?,24?,27?/m1/s1. The molecule has 11 heteroatoms. The van der Waals surface area contributed by atoms with Gasteiger partial charge in [-0.25, -0.2) is 15.2 Å². The Bertz CT molecular complexity index is 1180. The number of aromatic nitrogens is 2. The zero-order valence-electron chi connectivity index (χ0n) is 23.1. The molecular formula is C29H38Cl2N6O3. The van der Waals surface area contributed by atoms with Gasteiger partial charge in [0.2, 0.25) is 0 Å². The van der Waals surface area contributed by atoms with Crippen LogP contribution in [0.4, 0.5) is 10.6 Å². The molecule has 1 amide bonds. The lowest BCUT2D eigenvalue weighted by molar-refractivity contribution is -0.0370. The van der Waals surface area contributed by atoms with Crippen molar-refractivity contribution in [2.45, 2.75) is 70.2 Å². The number of carbonyl (C=O) groups excluding carboxylic acids is 1. The molecule has 40 heavy (non-hydrogen) atoms. The summed E-state index contributed by atoms with van der Waals surface area (Å²) < 4.78 is 11.7. The van der Waals surface area contributed by atoms with E-state index in [-0.39, 0.29) is 29.8 Å². The van der Waals surface area contributed by atoms with E-state index in [1.807, 2.05) is 24.9 Å². The molecule has 4 unspecified atom stereocenters. The van der Waals surface area contributed by atoms with Crippen LogP contribution in [0.3, 0.4) is 0 Å². The molecule has 0 bridgehead atoms. The largest absolute Gasteiger partial charge is 0.450 e. The highest BCUT2D eigenvalue weighted by molar-refractivity contribution is 6.35. The Morgan fingerprint density at radius 3 is 2.55 bits per heavy atom. The number of carbonyl (C=O) groups is 1. The van der Waals surface area contributed by atoms with Gasteiger partial charge in [0.15, 0.2) is 0 Å². The molecule has 1 aliphatic carbocycles. The van der Waals surface area contributed by atoms with Crippen LogP contribution < -0.4 is 15.8 Å². The van der Waals surface area contributed by atoms with Crippen molar-refractivity contribution in [1.82, 2.24) is 25.7 Å². The van der Waals surface area contributed by atoms with Gasteiger partial charge >= 0.3 is 6.09 Å². The quantitative estimate of drug-likeness (QED) is 0.469. The van der Waals surface area contributed by atoms with E-state index in [1.165, 1.54) is 5.56 Å². The molecule has 9 nitrogen and oxygen atoms in total. The van der Waals surface area contributed by atoms with Gasteiger partial charge < -0.3 is 19.3 Å². The maximum absolute atomic E-state index is 12.0. The Morgan fingerprint density at radius 2 is 1.88 bits per heavy atom. The van der Waals surface area contributed by atoms with Crippen LogP contribution in [-0.4, -0.2) is 65.9 Å². The Morgan fingerprint density at radius 1 is 1.12 bits per heavy atom. The Balaban J connectivity index is 1.04. The van der Waals surface area contributed by atoms with Crippen LogP contribution >= 0.6 is 23.2 Å². The number of anilines is 1. The predicted molar refractivity (Wildman–Crippen MR) is 154 cm³/mol. The number of hydrazine groups is 1. The molecule has 2 aromatic heterocycles. The number of fused-ring (bicyclic) bond motifs is 1. The first-order valence-electron chi connectivity index (χ1n) is 14.4. The average Bonchev–Trinajstić information content (AvgIpc) is 3.35. The summed E-state index contributed by atoms with van der Waals surface area (Å²) in [5.74, 6) is 1.42. The average molecular weight is 590 g/mol. The highest BCUT2D eigenvalue weighted by Gasteiger charge is 2.46. The first-order chi connectivity index (χ1) is 19.4. The Labute approximate surface area is 245 Å². The molecule has 216 valence electrons. The zero-order valence-corrected chi connectivity index (χ0v) is 24.6. The fourth-order valence-corrected chi connectivity index (χ4v) is 7.70. The van der Waals surface area contributed by atoms with E-state index >= 15 is 0 Å². The van der Waals surface area contributed by atoms with Crippen molar-refractivity contribution < 1.29 is 14.3 Å². The van der Waals surface area contributed by atoms with Gasteiger partial charge in [-0.05, 0) is 63.5 Å². The maximum Gasteiger partial charge on any atom is 0.409 e. The Hall–Kier alpha value is -2.17. The number of ether oxygens (including phenoxy) is 2. The summed E-state index contributed by atoms with van der Waals surface area (Å²) in [6, 6.07) is 4.94. The minimum absolute atomic E-state index is 0.125. The van der Waals surface area contributed by atoms with Gasteiger partial charge in [0.05, 0.1) is 34.9 Å². The first kappa shape index (κ1) is 28.0. The molecular weight excluding hydrogens is 551 g/mol. The molecule has 3 aliphatic heterocycles. The normalized spacial score (nSPS) is 28.2. The lowest BCUT2D eigenvalue weighted by Gasteiger charge is -2.54. The number of likely N-dealkylation sites (tertiary alicyclic amines) is 1. The third kappa shape index (κ3) is 5.51. The topological polar surface area (TPSA) is 91.9 Å². The highest BCUT2D eigenvalue weighted by atomic mass is 35.5. The summed E-state index contributed by atoms with van der Waals surface area (Å²) >= 11 is 12.8. The van der Waals surface area contributed by atoms with Crippen molar-refractivity contribution in [3.05, 3.63) is 51.9 Å². The summed E-state index contributed by atoms with van der Waals surface area (Å²) in [5.41, 5.74) is 9.33. The number of halogens is 2. The second-order valence-electron chi connectivity index (χ2n) is 11.8. The van der Waals surface area contributed by atoms with Crippen LogP contribution in [0.25, 0.3) is 0 Å². The van der Waals surface area contributed by atoms with Gasteiger partial charge in [0.25, 0.3) is 0 Å². The molecule has 2 aromatic rings. The summed E-state index contributed by atoms with van der Waals surface area (Å²) in [6.07, 6.45) is 9.99. The smallest absolute Gasteiger partial charge is 0.409 e.